The number of halogens is 1. The van der Waals surface area contributed by atoms with E-state index in [1.807, 2.05) is 36.4 Å². The maximum absolute atomic E-state index is 12.4. The lowest BCUT2D eigenvalue weighted by atomic mass is 10.1. The average molecular weight is 368 g/mol. The molecule has 5 heteroatoms. The van der Waals surface area contributed by atoms with Crippen LogP contribution in [0.2, 0.25) is 0 Å². The molecule has 0 saturated carbocycles. The molecule has 2 aromatic rings. The molecule has 0 radical (unpaired) electrons. The van der Waals surface area contributed by atoms with Crippen molar-refractivity contribution in [1.29, 1.82) is 5.26 Å². The second kappa shape index (κ2) is 6.76. The van der Waals surface area contributed by atoms with Crippen molar-refractivity contribution in [3.63, 3.8) is 0 Å². The van der Waals surface area contributed by atoms with Crippen LogP contribution in [0.3, 0.4) is 0 Å². The smallest absolute Gasteiger partial charge is 0.247 e. The molecule has 1 amide bonds. The molecule has 0 N–H and O–H groups in total. The van der Waals surface area contributed by atoms with Crippen LogP contribution in [0, 0.1) is 11.3 Å². The zero-order valence-corrected chi connectivity index (χ0v) is 14.0. The Morgan fingerprint density at radius 2 is 2.09 bits per heavy atom. The van der Waals surface area contributed by atoms with Crippen molar-refractivity contribution in [2.45, 2.75) is 12.8 Å². The first-order valence-electron chi connectivity index (χ1n) is 7.28. The highest BCUT2D eigenvalue weighted by atomic mass is 79.9. The first-order chi connectivity index (χ1) is 11.2. The lowest BCUT2D eigenvalue weighted by Gasteiger charge is -2.11. The maximum atomic E-state index is 12.4. The highest BCUT2D eigenvalue weighted by Gasteiger charge is 2.21. The molecule has 0 bridgehead atoms. The van der Waals surface area contributed by atoms with Gasteiger partial charge >= 0.3 is 0 Å². The summed E-state index contributed by atoms with van der Waals surface area (Å²) in [5, 5.41) is 14.9. The number of rotatable bonds is 3. The quantitative estimate of drug-likeness (QED) is 0.833. The first-order valence-corrected chi connectivity index (χ1v) is 8.08. The summed E-state index contributed by atoms with van der Waals surface area (Å²) in [6, 6.07) is 17.2. The summed E-state index contributed by atoms with van der Waals surface area (Å²) in [6.07, 6.45) is 1.04. The molecular formula is C18H14BrN3O. The van der Waals surface area contributed by atoms with Gasteiger partial charge in [0.05, 0.1) is 30.3 Å². The molecule has 0 aromatic heterocycles. The molecule has 0 unspecified atom stereocenters. The van der Waals surface area contributed by atoms with Gasteiger partial charge in [0, 0.05) is 10.9 Å². The van der Waals surface area contributed by atoms with Crippen LogP contribution < -0.4 is 0 Å². The van der Waals surface area contributed by atoms with Crippen LogP contribution in [0.1, 0.15) is 23.1 Å². The Morgan fingerprint density at radius 3 is 2.87 bits per heavy atom. The summed E-state index contributed by atoms with van der Waals surface area (Å²) in [7, 11) is 0. The number of hydrogen-bond donors (Lipinski definition) is 0. The Balaban J connectivity index is 1.74. The third kappa shape index (κ3) is 3.66. The van der Waals surface area contributed by atoms with E-state index in [9.17, 15) is 4.79 Å². The maximum Gasteiger partial charge on any atom is 0.247 e. The van der Waals surface area contributed by atoms with Gasteiger partial charge in [-0.25, -0.2) is 5.01 Å². The molecule has 0 spiro atoms. The number of nitriles is 1. The van der Waals surface area contributed by atoms with Crippen LogP contribution in [0.4, 0.5) is 0 Å². The highest BCUT2D eigenvalue weighted by Crippen LogP contribution is 2.17. The Kier molecular flexibility index (Phi) is 4.54. The van der Waals surface area contributed by atoms with Crippen LogP contribution in [0.5, 0.6) is 0 Å². The van der Waals surface area contributed by atoms with Gasteiger partial charge in [0.25, 0.3) is 0 Å². The standard InChI is InChI=1S/C18H14BrN3O/c19-16-6-2-3-13(10-16)11-18(23)22-8-7-17(21-22)15-5-1-4-14(9-15)12-20/h1-6,9-10H,7-8,11H2. The highest BCUT2D eigenvalue weighted by molar-refractivity contribution is 9.10. The second-order valence-corrected chi connectivity index (χ2v) is 6.23. The SMILES string of the molecule is N#Cc1cccc(C2=NN(C(=O)Cc3cccc(Br)c3)CC2)c1. The fourth-order valence-electron chi connectivity index (χ4n) is 2.52. The van der Waals surface area contributed by atoms with Crippen LogP contribution in [0.15, 0.2) is 58.1 Å². The van der Waals surface area contributed by atoms with E-state index in [0.717, 1.165) is 21.3 Å². The molecule has 0 saturated heterocycles. The summed E-state index contributed by atoms with van der Waals surface area (Å²) < 4.78 is 0.960. The van der Waals surface area contributed by atoms with E-state index in [2.05, 4.69) is 27.1 Å². The minimum Gasteiger partial charge on any atom is -0.273 e. The summed E-state index contributed by atoms with van der Waals surface area (Å²) in [5.74, 6) is -0.0189. The monoisotopic (exact) mass is 367 g/mol. The summed E-state index contributed by atoms with van der Waals surface area (Å²) >= 11 is 3.41. The number of hydrogen-bond acceptors (Lipinski definition) is 3. The van der Waals surface area contributed by atoms with Gasteiger partial charge in [-0.05, 0) is 35.4 Å². The van der Waals surface area contributed by atoms with E-state index in [0.29, 0.717) is 24.9 Å². The fourth-order valence-corrected chi connectivity index (χ4v) is 2.97. The molecule has 1 heterocycles. The summed E-state index contributed by atoms with van der Waals surface area (Å²) in [4.78, 5) is 12.4. The zero-order chi connectivity index (χ0) is 16.2. The van der Waals surface area contributed by atoms with Gasteiger partial charge in [0.15, 0.2) is 0 Å². The molecular weight excluding hydrogens is 354 g/mol. The molecule has 4 nitrogen and oxygen atoms in total. The third-order valence-electron chi connectivity index (χ3n) is 3.66. The number of amides is 1. The number of hydrazone groups is 1. The second-order valence-electron chi connectivity index (χ2n) is 5.31. The number of carbonyl (C=O) groups excluding carboxylic acids is 1. The van der Waals surface area contributed by atoms with Crippen molar-refractivity contribution >= 4 is 27.5 Å². The van der Waals surface area contributed by atoms with Crippen LogP contribution >= 0.6 is 15.9 Å². The van der Waals surface area contributed by atoms with E-state index in [4.69, 9.17) is 5.26 Å². The minimum absolute atomic E-state index is 0.0189. The van der Waals surface area contributed by atoms with Crippen LogP contribution in [-0.2, 0) is 11.2 Å². The van der Waals surface area contributed by atoms with Gasteiger partial charge in [-0.3, -0.25) is 4.79 Å². The fraction of sp³-hybridized carbons (Fsp3) is 0.167. The number of nitrogens with zero attached hydrogens (tertiary/aromatic N) is 3. The van der Waals surface area contributed by atoms with Gasteiger partial charge in [-0.1, -0.05) is 40.2 Å². The predicted octanol–water partition coefficient (Wildman–Crippen LogP) is 3.50. The van der Waals surface area contributed by atoms with Crippen molar-refractivity contribution < 1.29 is 4.79 Å². The molecule has 0 atom stereocenters. The molecule has 3 rings (SSSR count). The van der Waals surface area contributed by atoms with Crippen molar-refractivity contribution in [2.24, 2.45) is 5.10 Å². The molecule has 0 fully saturated rings. The Labute approximate surface area is 143 Å². The van der Waals surface area contributed by atoms with E-state index in [1.54, 1.807) is 12.1 Å². The molecule has 0 aliphatic carbocycles. The normalized spacial score (nSPS) is 13.6. The van der Waals surface area contributed by atoms with Crippen molar-refractivity contribution in [3.05, 3.63) is 69.7 Å². The summed E-state index contributed by atoms with van der Waals surface area (Å²) in [6.45, 7) is 0.582. The van der Waals surface area contributed by atoms with E-state index in [1.165, 1.54) is 5.01 Å². The predicted molar refractivity (Wildman–Crippen MR) is 91.9 cm³/mol. The average Bonchev–Trinajstić information content (AvgIpc) is 3.05. The van der Waals surface area contributed by atoms with Crippen molar-refractivity contribution in [2.75, 3.05) is 6.54 Å². The molecule has 114 valence electrons. The lowest BCUT2D eigenvalue weighted by Crippen LogP contribution is -2.25. The number of carbonyl (C=O) groups is 1. The Bertz CT molecular complexity index is 823. The molecule has 23 heavy (non-hydrogen) atoms. The van der Waals surface area contributed by atoms with Crippen LogP contribution in [0.25, 0.3) is 0 Å². The topological polar surface area (TPSA) is 56.5 Å². The Hall–Kier alpha value is -2.45. The third-order valence-corrected chi connectivity index (χ3v) is 4.15. The zero-order valence-electron chi connectivity index (χ0n) is 12.4. The molecule has 1 aliphatic rings. The van der Waals surface area contributed by atoms with E-state index < -0.39 is 0 Å². The minimum atomic E-state index is -0.0189. The molecule has 2 aromatic carbocycles. The van der Waals surface area contributed by atoms with Gasteiger partial charge in [0.1, 0.15) is 0 Å². The van der Waals surface area contributed by atoms with Gasteiger partial charge in [-0.15, -0.1) is 0 Å². The van der Waals surface area contributed by atoms with E-state index in [-0.39, 0.29) is 5.91 Å². The van der Waals surface area contributed by atoms with E-state index >= 15 is 0 Å². The lowest BCUT2D eigenvalue weighted by molar-refractivity contribution is -0.130. The Morgan fingerprint density at radius 1 is 1.26 bits per heavy atom. The van der Waals surface area contributed by atoms with Gasteiger partial charge < -0.3 is 0 Å². The van der Waals surface area contributed by atoms with Crippen molar-refractivity contribution in [1.82, 2.24) is 5.01 Å². The van der Waals surface area contributed by atoms with Crippen molar-refractivity contribution in [3.8, 4) is 6.07 Å². The number of benzene rings is 2. The largest absolute Gasteiger partial charge is 0.273 e. The van der Waals surface area contributed by atoms with Gasteiger partial charge in [0.2, 0.25) is 5.91 Å². The summed E-state index contributed by atoms with van der Waals surface area (Å²) in [5.41, 5.74) is 3.31. The molecule has 1 aliphatic heterocycles. The van der Waals surface area contributed by atoms with Gasteiger partial charge in [-0.2, -0.15) is 10.4 Å². The first kappa shape index (κ1) is 15.4. The van der Waals surface area contributed by atoms with Crippen LogP contribution in [-0.4, -0.2) is 23.2 Å².